The fourth-order valence-electron chi connectivity index (χ4n) is 3.43. The fraction of sp³-hybridized carbons (Fsp3) is 1.00. The van der Waals surface area contributed by atoms with Crippen molar-refractivity contribution >= 4 is 0 Å². The summed E-state index contributed by atoms with van der Waals surface area (Å²) in [7, 11) is 0. The van der Waals surface area contributed by atoms with Gasteiger partial charge in [0, 0.05) is 12.1 Å². The Hall–Kier alpha value is -0.0800. The van der Waals surface area contributed by atoms with Gasteiger partial charge in [-0.3, -0.25) is 0 Å². The minimum absolute atomic E-state index is 0.240. The number of rotatable bonds is 4. The molecule has 3 N–H and O–H groups in total. The van der Waals surface area contributed by atoms with Gasteiger partial charge in [-0.15, -0.1) is 0 Å². The van der Waals surface area contributed by atoms with Gasteiger partial charge in [0.2, 0.25) is 0 Å². The van der Waals surface area contributed by atoms with Crippen LogP contribution in [0.2, 0.25) is 0 Å². The first-order valence-electron chi connectivity index (χ1n) is 6.91. The molecule has 2 fully saturated rings. The highest BCUT2D eigenvalue weighted by molar-refractivity contribution is 4.99. The van der Waals surface area contributed by atoms with Gasteiger partial charge in [0.05, 0.1) is 0 Å². The Morgan fingerprint density at radius 2 is 2.00 bits per heavy atom. The quantitative estimate of drug-likeness (QED) is 0.770. The molecule has 2 aliphatic rings. The Morgan fingerprint density at radius 1 is 1.31 bits per heavy atom. The van der Waals surface area contributed by atoms with Crippen LogP contribution in [0.1, 0.15) is 52.9 Å². The first-order chi connectivity index (χ1) is 7.46. The largest absolute Gasteiger partial charge is 0.329 e. The molecule has 0 heterocycles. The Bertz CT molecular complexity index is 249. The lowest BCUT2D eigenvalue weighted by Gasteiger charge is -2.45. The zero-order chi connectivity index (χ0) is 11.8. The van der Waals surface area contributed by atoms with Crippen LogP contribution in [-0.2, 0) is 0 Å². The third kappa shape index (κ3) is 2.78. The van der Waals surface area contributed by atoms with Crippen molar-refractivity contribution in [1.82, 2.24) is 5.32 Å². The second kappa shape index (κ2) is 4.30. The summed E-state index contributed by atoms with van der Waals surface area (Å²) in [6, 6.07) is 0. The second-order valence-corrected chi connectivity index (χ2v) is 7.03. The molecule has 2 heteroatoms. The van der Waals surface area contributed by atoms with E-state index in [1.807, 2.05) is 0 Å². The summed E-state index contributed by atoms with van der Waals surface area (Å²) in [6.45, 7) is 9.12. The van der Waals surface area contributed by atoms with Crippen molar-refractivity contribution in [3.8, 4) is 0 Å². The smallest absolute Gasteiger partial charge is 0.0309 e. The molecular weight excluding hydrogens is 196 g/mol. The summed E-state index contributed by atoms with van der Waals surface area (Å²) in [6.07, 6.45) is 6.62. The molecule has 2 aliphatic carbocycles. The summed E-state index contributed by atoms with van der Waals surface area (Å²) >= 11 is 0. The monoisotopic (exact) mass is 224 g/mol. The maximum Gasteiger partial charge on any atom is 0.0309 e. The molecule has 0 amide bonds. The molecular formula is C14H28N2. The predicted octanol–water partition coefficient (Wildman–Crippen LogP) is 2.53. The normalized spacial score (nSPS) is 42.0. The van der Waals surface area contributed by atoms with E-state index in [2.05, 4.69) is 26.1 Å². The molecule has 0 aromatic heterocycles. The van der Waals surface area contributed by atoms with Crippen LogP contribution in [0.25, 0.3) is 0 Å². The highest BCUT2D eigenvalue weighted by Crippen LogP contribution is 2.42. The van der Waals surface area contributed by atoms with E-state index in [-0.39, 0.29) is 5.54 Å². The fourth-order valence-corrected chi connectivity index (χ4v) is 3.43. The van der Waals surface area contributed by atoms with Crippen LogP contribution in [0.3, 0.4) is 0 Å². The van der Waals surface area contributed by atoms with Crippen LogP contribution in [0, 0.1) is 17.3 Å². The van der Waals surface area contributed by atoms with Gasteiger partial charge < -0.3 is 11.1 Å². The van der Waals surface area contributed by atoms with Gasteiger partial charge in [0.15, 0.2) is 0 Å². The lowest BCUT2D eigenvalue weighted by Crippen LogP contribution is -2.56. The number of nitrogens with one attached hydrogen (secondary N) is 1. The van der Waals surface area contributed by atoms with Crippen molar-refractivity contribution in [2.75, 3.05) is 13.1 Å². The molecule has 2 saturated carbocycles. The molecule has 0 aliphatic heterocycles. The topological polar surface area (TPSA) is 38.0 Å². The van der Waals surface area contributed by atoms with Crippen LogP contribution in [-0.4, -0.2) is 18.6 Å². The molecule has 2 rings (SSSR count). The average molecular weight is 224 g/mol. The van der Waals surface area contributed by atoms with Gasteiger partial charge >= 0.3 is 0 Å². The van der Waals surface area contributed by atoms with Crippen LogP contribution in [0.15, 0.2) is 0 Å². The second-order valence-electron chi connectivity index (χ2n) is 7.03. The standard InChI is InChI=1S/C14H28N2/c1-11-7-12(11)8-16-14(10-15)6-4-5-13(2,3)9-14/h11-12,16H,4-10,15H2,1-3H3. The lowest BCUT2D eigenvalue weighted by molar-refractivity contribution is 0.123. The van der Waals surface area contributed by atoms with Crippen molar-refractivity contribution in [3.05, 3.63) is 0 Å². The Labute approximate surface area is 100 Å². The highest BCUT2D eigenvalue weighted by Gasteiger charge is 2.41. The Kier molecular flexibility index (Phi) is 3.33. The Balaban J connectivity index is 1.90. The van der Waals surface area contributed by atoms with E-state index in [0.29, 0.717) is 5.41 Å². The SMILES string of the molecule is CC1CC1CNC1(CN)CCCC(C)(C)C1. The summed E-state index contributed by atoms with van der Waals surface area (Å²) in [5.74, 6) is 1.87. The molecule has 0 radical (unpaired) electrons. The maximum atomic E-state index is 6.04. The molecule has 2 nitrogen and oxygen atoms in total. The van der Waals surface area contributed by atoms with E-state index in [4.69, 9.17) is 5.73 Å². The Morgan fingerprint density at radius 3 is 2.50 bits per heavy atom. The summed E-state index contributed by atoms with van der Waals surface area (Å²) < 4.78 is 0. The first-order valence-corrected chi connectivity index (χ1v) is 6.91. The molecule has 94 valence electrons. The predicted molar refractivity (Wildman–Crippen MR) is 69.3 cm³/mol. The van der Waals surface area contributed by atoms with Crippen LogP contribution in [0.5, 0.6) is 0 Å². The van der Waals surface area contributed by atoms with E-state index in [9.17, 15) is 0 Å². The third-order valence-electron chi connectivity index (χ3n) is 4.73. The van der Waals surface area contributed by atoms with E-state index in [0.717, 1.165) is 18.4 Å². The van der Waals surface area contributed by atoms with E-state index >= 15 is 0 Å². The van der Waals surface area contributed by atoms with Gasteiger partial charge in [-0.05, 0) is 49.5 Å². The van der Waals surface area contributed by atoms with Gasteiger partial charge in [-0.1, -0.05) is 27.2 Å². The third-order valence-corrected chi connectivity index (χ3v) is 4.73. The number of hydrogen-bond donors (Lipinski definition) is 2. The maximum absolute atomic E-state index is 6.04. The van der Waals surface area contributed by atoms with Crippen molar-refractivity contribution < 1.29 is 0 Å². The minimum atomic E-state index is 0.240. The van der Waals surface area contributed by atoms with Crippen LogP contribution in [0.4, 0.5) is 0 Å². The highest BCUT2D eigenvalue weighted by atomic mass is 15.0. The van der Waals surface area contributed by atoms with Gasteiger partial charge in [0.1, 0.15) is 0 Å². The van der Waals surface area contributed by atoms with Crippen LogP contribution >= 0.6 is 0 Å². The summed E-state index contributed by atoms with van der Waals surface area (Å²) in [5, 5.41) is 3.81. The van der Waals surface area contributed by atoms with E-state index in [1.165, 1.54) is 38.6 Å². The summed E-state index contributed by atoms with van der Waals surface area (Å²) in [5.41, 5.74) is 6.75. The molecule has 3 atom stereocenters. The van der Waals surface area contributed by atoms with Crippen molar-refractivity contribution in [2.45, 2.75) is 58.4 Å². The lowest BCUT2D eigenvalue weighted by atomic mass is 9.68. The minimum Gasteiger partial charge on any atom is -0.329 e. The molecule has 0 bridgehead atoms. The summed E-state index contributed by atoms with van der Waals surface area (Å²) in [4.78, 5) is 0. The number of hydrogen-bond acceptors (Lipinski definition) is 2. The van der Waals surface area contributed by atoms with Gasteiger partial charge in [0.25, 0.3) is 0 Å². The first kappa shape index (κ1) is 12.4. The molecule has 16 heavy (non-hydrogen) atoms. The molecule has 0 aromatic rings. The zero-order valence-corrected chi connectivity index (χ0v) is 11.2. The zero-order valence-electron chi connectivity index (χ0n) is 11.2. The molecule has 0 aromatic carbocycles. The van der Waals surface area contributed by atoms with Crippen molar-refractivity contribution in [1.29, 1.82) is 0 Å². The van der Waals surface area contributed by atoms with E-state index in [1.54, 1.807) is 0 Å². The molecule has 0 spiro atoms. The molecule has 3 unspecified atom stereocenters. The van der Waals surface area contributed by atoms with Crippen molar-refractivity contribution in [3.63, 3.8) is 0 Å². The van der Waals surface area contributed by atoms with Crippen molar-refractivity contribution in [2.24, 2.45) is 23.0 Å². The van der Waals surface area contributed by atoms with Gasteiger partial charge in [-0.2, -0.15) is 0 Å². The van der Waals surface area contributed by atoms with Crippen LogP contribution < -0.4 is 11.1 Å². The average Bonchev–Trinajstić information content (AvgIpc) is 2.90. The number of nitrogens with two attached hydrogens (primary N) is 1. The van der Waals surface area contributed by atoms with Gasteiger partial charge in [-0.25, -0.2) is 0 Å². The van der Waals surface area contributed by atoms with E-state index < -0.39 is 0 Å². The molecule has 0 saturated heterocycles.